The SMILES string of the molecule is CN(CCO)C(=O)c1sc2nc3c(cc2c1N)CCCC3. The maximum atomic E-state index is 12.4. The minimum absolute atomic E-state index is 0.0560. The number of hydrogen-bond donors (Lipinski definition) is 2. The summed E-state index contributed by atoms with van der Waals surface area (Å²) in [6, 6.07) is 2.10. The summed E-state index contributed by atoms with van der Waals surface area (Å²) in [4.78, 5) is 19.9. The molecule has 0 aliphatic heterocycles. The Morgan fingerprint density at radius 3 is 3.00 bits per heavy atom. The first-order chi connectivity index (χ1) is 10.1. The molecule has 1 aliphatic rings. The Bertz CT molecular complexity index is 696. The van der Waals surface area contributed by atoms with Crippen LogP contribution in [0.2, 0.25) is 0 Å². The van der Waals surface area contributed by atoms with Crippen LogP contribution < -0.4 is 5.73 Å². The van der Waals surface area contributed by atoms with Crippen molar-refractivity contribution in [3.8, 4) is 0 Å². The molecule has 2 heterocycles. The van der Waals surface area contributed by atoms with Gasteiger partial charge in [-0.25, -0.2) is 4.98 Å². The number of likely N-dealkylation sites (N-methyl/N-ethyl adjacent to an activating group) is 1. The van der Waals surface area contributed by atoms with E-state index in [4.69, 9.17) is 15.8 Å². The molecule has 1 aliphatic carbocycles. The van der Waals surface area contributed by atoms with Crippen LogP contribution in [0.1, 0.15) is 33.8 Å². The number of aliphatic hydroxyl groups excluding tert-OH is 1. The fourth-order valence-corrected chi connectivity index (χ4v) is 3.83. The monoisotopic (exact) mass is 305 g/mol. The number of carbonyl (C=O) groups excluding carboxylic acids is 1. The van der Waals surface area contributed by atoms with Gasteiger partial charge in [-0.15, -0.1) is 11.3 Å². The normalized spacial score (nSPS) is 14.2. The van der Waals surface area contributed by atoms with Gasteiger partial charge in [-0.05, 0) is 37.3 Å². The van der Waals surface area contributed by atoms with Crippen LogP contribution in [0.15, 0.2) is 6.07 Å². The van der Waals surface area contributed by atoms with Crippen molar-refractivity contribution in [3.05, 3.63) is 22.2 Å². The van der Waals surface area contributed by atoms with Crippen LogP contribution in [-0.4, -0.2) is 41.1 Å². The number of amides is 1. The van der Waals surface area contributed by atoms with E-state index in [1.165, 1.54) is 34.6 Å². The van der Waals surface area contributed by atoms with Crippen LogP contribution in [0.25, 0.3) is 10.2 Å². The number of rotatable bonds is 3. The second kappa shape index (κ2) is 5.61. The molecule has 0 aromatic carbocycles. The van der Waals surface area contributed by atoms with Crippen molar-refractivity contribution in [2.75, 3.05) is 25.9 Å². The molecule has 0 fully saturated rings. The molecule has 1 amide bonds. The van der Waals surface area contributed by atoms with Gasteiger partial charge in [0.25, 0.3) is 5.91 Å². The van der Waals surface area contributed by atoms with Crippen molar-refractivity contribution in [2.24, 2.45) is 0 Å². The van der Waals surface area contributed by atoms with E-state index >= 15 is 0 Å². The maximum Gasteiger partial charge on any atom is 0.265 e. The lowest BCUT2D eigenvalue weighted by Gasteiger charge is -2.14. The fraction of sp³-hybridized carbons (Fsp3) is 0.467. The van der Waals surface area contributed by atoms with Gasteiger partial charge in [0.1, 0.15) is 9.71 Å². The molecular formula is C15H19N3O2S. The smallest absolute Gasteiger partial charge is 0.265 e. The first-order valence-corrected chi connectivity index (χ1v) is 8.00. The summed E-state index contributed by atoms with van der Waals surface area (Å²) in [6.45, 7) is 0.246. The lowest BCUT2D eigenvalue weighted by molar-refractivity contribution is 0.0772. The highest BCUT2D eigenvalue weighted by molar-refractivity contribution is 7.21. The van der Waals surface area contributed by atoms with E-state index < -0.39 is 0 Å². The summed E-state index contributed by atoms with van der Waals surface area (Å²) in [6.07, 6.45) is 4.42. The number of hydrogen-bond acceptors (Lipinski definition) is 5. The zero-order valence-electron chi connectivity index (χ0n) is 12.1. The number of nitrogens with two attached hydrogens (primary N) is 1. The zero-order chi connectivity index (χ0) is 15.0. The number of aliphatic hydroxyl groups is 1. The van der Waals surface area contributed by atoms with E-state index in [0.29, 0.717) is 17.1 Å². The number of nitrogen functional groups attached to an aromatic ring is 1. The van der Waals surface area contributed by atoms with Crippen molar-refractivity contribution >= 4 is 33.1 Å². The second-order valence-corrected chi connectivity index (χ2v) is 6.45. The number of carbonyl (C=O) groups is 1. The van der Waals surface area contributed by atoms with Gasteiger partial charge in [-0.1, -0.05) is 0 Å². The van der Waals surface area contributed by atoms with Gasteiger partial charge in [0, 0.05) is 24.7 Å². The predicted molar refractivity (Wildman–Crippen MR) is 84.7 cm³/mol. The first kappa shape index (κ1) is 14.3. The zero-order valence-corrected chi connectivity index (χ0v) is 12.9. The molecule has 112 valence electrons. The van der Waals surface area contributed by atoms with E-state index in [0.717, 1.165) is 28.8 Å². The quantitative estimate of drug-likeness (QED) is 0.906. The van der Waals surface area contributed by atoms with Crippen LogP contribution in [0.3, 0.4) is 0 Å². The minimum Gasteiger partial charge on any atom is -0.397 e. The summed E-state index contributed by atoms with van der Waals surface area (Å²) >= 11 is 1.35. The molecule has 21 heavy (non-hydrogen) atoms. The molecule has 2 aromatic heterocycles. The average Bonchev–Trinajstić information content (AvgIpc) is 2.81. The third-order valence-corrected chi connectivity index (χ3v) is 5.08. The number of nitrogens with zero attached hydrogens (tertiary/aromatic N) is 2. The van der Waals surface area contributed by atoms with Gasteiger partial charge >= 0.3 is 0 Å². The molecule has 6 heteroatoms. The molecule has 2 aromatic rings. The van der Waals surface area contributed by atoms with Crippen LogP contribution in [0.5, 0.6) is 0 Å². The Morgan fingerprint density at radius 1 is 1.48 bits per heavy atom. The Labute approximate surface area is 127 Å². The Balaban J connectivity index is 2.05. The highest BCUT2D eigenvalue weighted by Crippen LogP contribution is 2.35. The maximum absolute atomic E-state index is 12.4. The van der Waals surface area contributed by atoms with E-state index in [1.807, 2.05) is 0 Å². The molecule has 0 atom stereocenters. The standard InChI is InChI=1S/C15H19N3O2S/c1-18(6-7-19)15(20)13-12(16)10-8-9-4-2-3-5-11(9)17-14(10)21-13/h8,19H,2-7,16H2,1H3. The number of fused-ring (bicyclic) bond motifs is 2. The first-order valence-electron chi connectivity index (χ1n) is 7.19. The molecule has 3 N–H and O–H groups in total. The molecule has 0 saturated carbocycles. The van der Waals surface area contributed by atoms with Gasteiger partial charge < -0.3 is 15.7 Å². The van der Waals surface area contributed by atoms with Crippen LogP contribution in [0.4, 0.5) is 5.69 Å². The molecule has 0 unspecified atom stereocenters. The molecule has 0 radical (unpaired) electrons. The molecular weight excluding hydrogens is 286 g/mol. The van der Waals surface area contributed by atoms with Gasteiger partial charge in [-0.2, -0.15) is 0 Å². The summed E-state index contributed by atoms with van der Waals surface area (Å²) in [5, 5.41) is 9.84. The molecule has 0 bridgehead atoms. The number of pyridine rings is 1. The van der Waals surface area contributed by atoms with Crippen molar-refractivity contribution in [1.29, 1.82) is 0 Å². The summed E-state index contributed by atoms with van der Waals surface area (Å²) in [5.74, 6) is -0.150. The van der Waals surface area contributed by atoms with Gasteiger partial charge in [0.2, 0.25) is 0 Å². The van der Waals surface area contributed by atoms with Crippen molar-refractivity contribution in [2.45, 2.75) is 25.7 Å². The largest absolute Gasteiger partial charge is 0.397 e. The summed E-state index contributed by atoms with van der Waals surface area (Å²) < 4.78 is 0. The van der Waals surface area contributed by atoms with E-state index in [2.05, 4.69) is 6.07 Å². The third-order valence-electron chi connectivity index (χ3n) is 3.98. The predicted octanol–water partition coefficient (Wildman–Crippen LogP) is 1.82. The van der Waals surface area contributed by atoms with Crippen molar-refractivity contribution in [3.63, 3.8) is 0 Å². The molecule has 5 nitrogen and oxygen atoms in total. The number of aromatic nitrogens is 1. The van der Waals surface area contributed by atoms with Crippen LogP contribution >= 0.6 is 11.3 Å². The molecule has 3 rings (SSSR count). The van der Waals surface area contributed by atoms with Crippen LogP contribution in [0, 0.1) is 0 Å². The lowest BCUT2D eigenvalue weighted by Crippen LogP contribution is -2.29. The van der Waals surface area contributed by atoms with Crippen LogP contribution in [-0.2, 0) is 12.8 Å². The van der Waals surface area contributed by atoms with Gasteiger partial charge in [0.15, 0.2) is 0 Å². The molecule has 0 saturated heterocycles. The summed E-state index contributed by atoms with van der Waals surface area (Å²) in [5.41, 5.74) is 9.10. The fourth-order valence-electron chi connectivity index (χ4n) is 2.74. The highest BCUT2D eigenvalue weighted by Gasteiger charge is 2.22. The Hall–Kier alpha value is -1.66. The van der Waals surface area contributed by atoms with E-state index in [9.17, 15) is 4.79 Å². The Morgan fingerprint density at radius 2 is 2.24 bits per heavy atom. The van der Waals surface area contributed by atoms with Gasteiger partial charge in [-0.3, -0.25) is 4.79 Å². The van der Waals surface area contributed by atoms with Crippen molar-refractivity contribution < 1.29 is 9.90 Å². The van der Waals surface area contributed by atoms with Crippen molar-refractivity contribution in [1.82, 2.24) is 9.88 Å². The Kier molecular flexibility index (Phi) is 3.82. The average molecular weight is 305 g/mol. The second-order valence-electron chi connectivity index (χ2n) is 5.45. The molecule has 0 spiro atoms. The highest BCUT2D eigenvalue weighted by atomic mass is 32.1. The van der Waals surface area contributed by atoms with E-state index in [1.54, 1.807) is 7.05 Å². The van der Waals surface area contributed by atoms with Gasteiger partial charge in [0.05, 0.1) is 12.3 Å². The van der Waals surface area contributed by atoms with E-state index in [-0.39, 0.29) is 12.5 Å². The summed E-state index contributed by atoms with van der Waals surface area (Å²) in [7, 11) is 1.67. The third kappa shape index (κ3) is 2.49. The topological polar surface area (TPSA) is 79.5 Å². The minimum atomic E-state index is -0.150. The number of thiophene rings is 1. The number of aryl methyl sites for hydroxylation is 2. The number of anilines is 1. The lowest BCUT2D eigenvalue weighted by atomic mass is 9.95.